The molecule has 2 aromatic rings. The van der Waals surface area contributed by atoms with Gasteiger partial charge in [0, 0.05) is 11.8 Å². The molecule has 0 radical (unpaired) electrons. The molecule has 4 heteroatoms. The van der Waals surface area contributed by atoms with E-state index < -0.39 is 0 Å². The van der Waals surface area contributed by atoms with Crippen molar-refractivity contribution in [2.75, 3.05) is 0 Å². The minimum Gasteiger partial charge on any atom is -0.426 e. The average molecular weight is 334 g/mol. The molecular weight excluding hydrogens is 323 g/mol. The smallest absolute Gasteiger partial charge is 0.354 e. The molecule has 2 rings (SSSR count). The molecule has 0 fully saturated rings. The van der Waals surface area contributed by atoms with Crippen LogP contribution in [0.1, 0.15) is 25.5 Å². The summed E-state index contributed by atoms with van der Waals surface area (Å²) in [7, 11) is 0. The van der Waals surface area contributed by atoms with E-state index in [0.29, 0.717) is 0 Å². The summed E-state index contributed by atoms with van der Waals surface area (Å²) in [5.74, 6) is 0.841. The van der Waals surface area contributed by atoms with Gasteiger partial charge in [-0.05, 0) is 40.5 Å². The number of fused-ring (bicyclic) bond motifs is 1. The van der Waals surface area contributed by atoms with E-state index in [0.717, 1.165) is 38.7 Å². The molecule has 0 bridgehead atoms. The Labute approximate surface area is 105 Å². The molecule has 2 nitrogen and oxygen atoms in total. The first kappa shape index (κ1) is 11.1. The van der Waals surface area contributed by atoms with Crippen LogP contribution in [0.25, 0.3) is 10.1 Å². The maximum atomic E-state index is 11.6. The summed E-state index contributed by atoms with van der Waals surface area (Å²) < 4.78 is 7.16. The summed E-state index contributed by atoms with van der Waals surface area (Å²) in [4.78, 5) is 11.6. The molecule has 2 heterocycles. The van der Waals surface area contributed by atoms with Crippen molar-refractivity contribution >= 4 is 44.0 Å². The van der Waals surface area contributed by atoms with Gasteiger partial charge >= 0.3 is 5.63 Å². The zero-order valence-electron chi connectivity index (χ0n) is 8.38. The minimum absolute atomic E-state index is 0.188. The zero-order valence-corrected chi connectivity index (χ0v) is 11.4. The summed E-state index contributed by atoms with van der Waals surface area (Å²) in [6.07, 6.45) is 3.03. The van der Waals surface area contributed by atoms with E-state index in [4.69, 9.17) is 4.42 Å². The first-order chi connectivity index (χ1) is 7.24. The minimum atomic E-state index is -0.188. The number of hydrogen-bond donors (Lipinski definition) is 0. The Morgan fingerprint density at radius 1 is 1.53 bits per heavy atom. The molecule has 0 unspecified atom stereocenters. The lowest BCUT2D eigenvalue weighted by Gasteiger charge is -2.02. The topological polar surface area (TPSA) is 30.2 Å². The predicted octanol–water partition coefficient (Wildman–Crippen LogP) is 3.80. The second-order valence-corrected chi connectivity index (χ2v) is 5.39. The number of rotatable bonds is 3. The lowest BCUT2D eigenvalue weighted by molar-refractivity contribution is 0.457. The van der Waals surface area contributed by atoms with Gasteiger partial charge in [-0.15, -0.1) is 11.3 Å². The van der Waals surface area contributed by atoms with Gasteiger partial charge in [0.2, 0.25) is 0 Å². The summed E-state index contributed by atoms with van der Waals surface area (Å²) in [6, 6.07) is 1.99. The molecule has 0 amide bonds. The lowest BCUT2D eigenvalue weighted by atomic mass is 10.2. The van der Waals surface area contributed by atoms with Crippen LogP contribution >= 0.6 is 33.9 Å². The van der Waals surface area contributed by atoms with E-state index in [1.165, 1.54) is 11.3 Å². The summed E-state index contributed by atoms with van der Waals surface area (Å²) in [5, 5.41) is 2.98. The second-order valence-electron chi connectivity index (χ2n) is 3.39. The van der Waals surface area contributed by atoms with Gasteiger partial charge < -0.3 is 4.42 Å². The van der Waals surface area contributed by atoms with Crippen LogP contribution in [-0.4, -0.2) is 0 Å². The van der Waals surface area contributed by atoms with Crippen molar-refractivity contribution in [1.29, 1.82) is 0 Å². The Kier molecular flexibility index (Phi) is 3.45. The molecule has 0 atom stereocenters. The molecule has 0 aliphatic rings. The maximum Gasteiger partial charge on any atom is 0.354 e. The van der Waals surface area contributed by atoms with Gasteiger partial charge in [-0.3, -0.25) is 0 Å². The van der Waals surface area contributed by atoms with E-state index in [-0.39, 0.29) is 5.63 Å². The summed E-state index contributed by atoms with van der Waals surface area (Å²) in [6.45, 7) is 2.13. The number of aryl methyl sites for hydroxylation is 1. The summed E-state index contributed by atoms with van der Waals surface area (Å²) >= 11 is 3.72. The van der Waals surface area contributed by atoms with Gasteiger partial charge in [-0.1, -0.05) is 13.3 Å². The third-order valence-electron chi connectivity index (χ3n) is 2.31. The van der Waals surface area contributed by atoms with E-state index in [2.05, 4.69) is 29.5 Å². The van der Waals surface area contributed by atoms with E-state index in [9.17, 15) is 4.79 Å². The van der Waals surface area contributed by atoms with Crippen molar-refractivity contribution in [2.24, 2.45) is 0 Å². The fourth-order valence-electron chi connectivity index (χ4n) is 1.49. The van der Waals surface area contributed by atoms with E-state index >= 15 is 0 Å². The molecule has 0 spiro atoms. The van der Waals surface area contributed by atoms with Crippen molar-refractivity contribution in [1.82, 2.24) is 0 Å². The van der Waals surface area contributed by atoms with Crippen molar-refractivity contribution in [2.45, 2.75) is 26.2 Å². The Bertz CT molecular complexity index is 527. The van der Waals surface area contributed by atoms with Gasteiger partial charge in [0.25, 0.3) is 0 Å². The third kappa shape index (κ3) is 2.10. The van der Waals surface area contributed by atoms with E-state index in [1.807, 2.05) is 11.4 Å². The summed E-state index contributed by atoms with van der Waals surface area (Å²) in [5.41, 5.74) is -0.188. The Morgan fingerprint density at radius 3 is 3.07 bits per heavy atom. The van der Waals surface area contributed by atoms with Crippen LogP contribution < -0.4 is 5.63 Å². The highest BCUT2D eigenvalue weighted by Crippen LogP contribution is 2.26. The van der Waals surface area contributed by atoms with Crippen LogP contribution in [0.5, 0.6) is 0 Å². The highest BCUT2D eigenvalue weighted by molar-refractivity contribution is 14.1. The Hall–Kier alpha value is -0.360. The van der Waals surface area contributed by atoms with Gasteiger partial charge in [-0.25, -0.2) is 4.79 Å². The third-order valence-corrected chi connectivity index (χ3v) is 4.38. The Balaban J connectivity index is 2.56. The fourth-order valence-corrected chi connectivity index (χ4v) is 3.28. The first-order valence-electron chi connectivity index (χ1n) is 4.92. The van der Waals surface area contributed by atoms with E-state index in [1.54, 1.807) is 0 Å². The standard InChI is InChI=1S/C11H11IO2S/c1-2-3-4-8-9(12)7-5-6-15-10(7)11(13)14-8/h5-6H,2-4H2,1H3. The molecular formula is C11H11IO2S. The number of halogens is 1. The van der Waals surface area contributed by atoms with Crippen molar-refractivity contribution in [3.63, 3.8) is 0 Å². The molecule has 0 aromatic carbocycles. The molecule has 0 saturated carbocycles. The van der Waals surface area contributed by atoms with Crippen molar-refractivity contribution in [3.05, 3.63) is 31.2 Å². The molecule has 0 saturated heterocycles. The monoisotopic (exact) mass is 334 g/mol. The lowest BCUT2D eigenvalue weighted by Crippen LogP contribution is -2.03. The SMILES string of the molecule is CCCCc1oc(=O)c2sccc2c1I. The molecule has 80 valence electrons. The number of thiophene rings is 1. The maximum absolute atomic E-state index is 11.6. The van der Waals surface area contributed by atoms with Gasteiger partial charge in [0.05, 0.1) is 3.57 Å². The first-order valence-corrected chi connectivity index (χ1v) is 6.88. The average Bonchev–Trinajstić information content (AvgIpc) is 2.70. The largest absolute Gasteiger partial charge is 0.426 e. The normalized spacial score (nSPS) is 11.1. The van der Waals surface area contributed by atoms with Crippen LogP contribution in [0.2, 0.25) is 0 Å². The number of unbranched alkanes of at least 4 members (excludes halogenated alkanes) is 1. The van der Waals surface area contributed by atoms with Crippen LogP contribution in [0.15, 0.2) is 20.7 Å². The quantitative estimate of drug-likeness (QED) is 0.799. The molecule has 0 N–H and O–H groups in total. The van der Waals surface area contributed by atoms with Crippen LogP contribution in [0.4, 0.5) is 0 Å². The van der Waals surface area contributed by atoms with Gasteiger partial charge in [-0.2, -0.15) is 0 Å². The molecule has 0 aliphatic heterocycles. The van der Waals surface area contributed by atoms with Gasteiger partial charge in [0.15, 0.2) is 0 Å². The molecule has 15 heavy (non-hydrogen) atoms. The molecule has 0 aliphatic carbocycles. The zero-order chi connectivity index (χ0) is 10.8. The number of hydrogen-bond acceptors (Lipinski definition) is 3. The molecule has 2 aromatic heterocycles. The van der Waals surface area contributed by atoms with Crippen LogP contribution in [0.3, 0.4) is 0 Å². The second kappa shape index (κ2) is 4.65. The Morgan fingerprint density at radius 2 is 2.33 bits per heavy atom. The van der Waals surface area contributed by atoms with Crippen LogP contribution in [-0.2, 0) is 6.42 Å². The fraction of sp³-hybridized carbons (Fsp3) is 0.364. The predicted molar refractivity (Wildman–Crippen MR) is 71.7 cm³/mol. The van der Waals surface area contributed by atoms with Crippen LogP contribution in [0, 0.1) is 3.57 Å². The van der Waals surface area contributed by atoms with Crippen molar-refractivity contribution < 1.29 is 4.42 Å². The highest BCUT2D eigenvalue weighted by Gasteiger charge is 2.11. The van der Waals surface area contributed by atoms with Gasteiger partial charge in [0.1, 0.15) is 10.5 Å². The van der Waals surface area contributed by atoms with Crippen molar-refractivity contribution in [3.8, 4) is 0 Å². The highest BCUT2D eigenvalue weighted by atomic mass is 127.